The number of hydrogen-bond donors (Lipinski definition) is 2. The molecule has 20 heavy (non-hydrogen) atoms. The van der Waals surface area contributed by atoms with E-state index in [9.17, 15) is 18.0 Å². The first-order valence-corrected chi connectivity index (χ1v) is 5.93. The van der Waals surface area contributed by atoms with Gasteiger partial charge in [0, 0.05) is 13.0 Å². The second-order valence-corrected chi connectivity index (χ2v) is 4.54. The molecule has 0 aliphatic heterocycles. The summed E-state index contributed by atoms with van der Waals surface area (Å²) in [5.41, 5.74) is 5.28. The molecule has 0 aliphatic rings. The molecule has 1 unspecified atom stereocenters. The van der Waals surface area contributed by atoms with Gasteiger partial charge in [0.05, 0.1) is 0 Å². The first-order valence-electron chi connectivity index (χ1n) is 5.93. The van der Waals surface area contributed by atoms with Crippen LogP contribution in [-0.4, -0.2) is 18.6 Å². The molecular weight excluding hydrogens is 293 g/mol. The minimum Gasteiger partial charge on any atom is -0.354 e. The smallest absolute Gasteiger partial charge is 0.354 e. The topological polar surface area (TPSA) is 55.1 Å². The van der Waals surface area contributed by atoms with Gasteiger partial charge in [-0.05, 0) is 18.9 Å². The number of nitrogens with two attached hydrogens (primary N) is 1. The second-order valence-electron chi connectivity index (χ2n) is 4.54. The number of rotatable bonds is 5. The third kappa shape index (κ3) is 5.79. The van der Waals surface area contributed by atoms with Crippen LogP contribution in [0.4, 0.5) is 13.2 Å². The Hall–Kier alpha value is -1.27. The van der Waals surface area contributed by atoms with Crippen molar-refractivity contribution in [3.05, 3.63) is 35.9 Å². The van der Waals surface area contributed by atoms with E-state index in [4.69, 9.17) is 5.73 Å². The number of halogens is 4. The maximum atomic E-state index is 11.9. The standard InChI is InChI=1S/C13H17F3N2O.ClH/c1-12(17,10-6-3-2-4-7-10)11(19)18-9-5-8-13(14,15)16;/h2-4,6-7H,5,8-9,17H2,1H3,(H,18,19);1H. The quantitative estimate of drug-likeness (QED) is 0.822. The van der Waals surface area contributed by atoms with Crippen LogP contribution >= 0.6 is 12.4 Å². The summed E-state index contributed by atoms with van der Waals surface area (Å²) in [5, 5.41) is 2.43. The van der Waals surface area contributed by atoms with Gasteiger partial charge in [0.15, 0.2) is 0 Å². The van der Waals surface area contributed by atoms with E-state index >= 15 is 0 Å². The number of benzene rings is 1. The Morgan fingerprint density at radius 3 is 2.30 bits per heavy atom. The number of nitrogens with one attached hydrogen (secondary N) is 1. The average Bonchev–Trinajstić information content (AvgIpc) is 2.34. The lowest BCUT2D eigenvalue weighted by Crippen LogP contribution is -2.49. The van der Waals surface area contributed by atoms with Crippen LogP contribution in [0.15, 0.2) is 30.3 Å². The normalized spacial score (nSPS) is 14.1. The zero-order valence-electron chi connectivity index (χ0n) is 11.0. The lowest BCUT2D eigenvalue weighted by Gasteiger charge is -2.24. The molecule has 1 aromatic carbocycles. The van der Waals surface area contributed by atoms with Gasteiger partial charge >= 0.3 is 6.18 Å². The van der Waals surface area contributed by atoms with Crippen LogP contribution in [0.1, 0.15) is 25.3 Å². The van der Waals surface area contributed by atoms with Gasteiger partial charge in [-0.2, -0.15) is 13.2 Å². The molecule has 1 atom stereocenters. The molecule has 0 aliphatic carbocycles. The Balaban J connectivity index is 0.00000361. The Kier molecular flexibility index (Phi) is 7.02. The molecule has 3 nitrogen and oxygen atoms in total. The minimum absolute atomic E-state index is 0. The van der Waals surface area contributed by atoms with Crippen molar-refractivity contribution in [1.82, 2.24) is 5.32 Å². The highest BCUT2D eigenvalue weighted by Crippen LogP contribution is 2.21. The lowest BCUT2D eigenvalue weighted by molar-refractivity contribution is -0.136. The van der Waals surface area contributed by atoms with E-state index in [0.717, 1.165) is 0 Å². The van der Waals surface area contributed by atoms with Crippen LogP contribution in [0, 0.1) is 0 Å². The fourth-order valence-electron chi connectivity index (χ4n) is 1.59. The van der Waals surface area contributed by atoms with E-state index in [1.807, 2.05) is 0 Å². The first-order chi connectivity index (χ1) is 8.73. The lowest BCUT2D eigenvalue weighted by atomic mass is 9.92. The zero-order chi connectivity index (χ0) is 14.5. The molecule has 7 heteroatoms. The van der Waals surface area contributed by atoms with Gasteiger partial charge in [0.2, 0.25) is 5.91 Å². The number of hydrogen-bond acceptors (Lipinski definition) is 2. The van der Waals surface area contributed by atoms with Gasteiger partial charge in [-0.15, -0.1) is 12.4 Å². The zero-order valence-corrected chi connectivity index (χ0v) is 11.9. The van der Waals surface area contributed by atoms with E-state index in [2.05, 4.69) is 5.32 Å². The monoisotopic (exact) mass is 310 g/mol. The van der Waals surface area contributed by atoms with Crippen molar-refractivity contribution in [2.24, 2.45) is 5.73 Å². The SMILES string of the molecule is CC(N)(C(=O)NCCCC(F)(F)F)c1ccccc1.Cl. The van der Waals surface area contributed by atoms with Crippen molar-refractivity contribution in [3.8, 4) is 0 Å². The second kappa shape index (κ2) is 7.50. The molecule has 114 valence electrons. The average molecular weight is 311 g/mol. The number of carbonyl (C=O) groups is 1. The van der Waals surface area contributed by atoms with Crippen LogP contribution in [0.5, 0.6) is 0 Å². The summed E-state index contributed by atoms with van der Waals surface area (Å²) in [4.78, 5) is 11.9. The minimum atomic E-state index is -4.20. The molecule has 0 spiro atoms. The fourth-order valence-corrected chi connectivity index (χ4v) is 1.59. The summed E-state index contributed by atoms with van der Waals surface area (Å²) in [7, 11) is 0. The highest BCUT2D eigenvalue weighted by Gasteiger charge is 2.30. The van der Waals surface area contributed by atoms with Crippen LogP contribution in [0.3, 0.4) is 0 Å². The summed E-state index contributed by atoms with van der Waals surface area (Å²) in [6.45, 7) is 1.49. The van der Waals surface area contributed by atoms with Crippen molar-refractivity contribution in [1.29, 1.82) is 0 Å². The fraction of sp³-hybridized carbons (Fsp3) is 0.462. The molecule has 0 bridgehead atoms. The maximum absolute atomic E-state index is 11.9. The Labute approximate surface area is 122 Å². The molecule has 0 aromatic heterocycles. The summed E-state index contributed by atoms with van der Waals surface area (Å²) in [5.74, 6) is -0.485. The summed E-state index contributed by atoms with van der Waals surface area (Å²) in [6, 6.07) is 8.69. The molecule has 0 saturated carbocycles. The Morgan fingerprint density at radius 2 is 1.80 bits per heavy atom. The predicted molar refractivity (Wildman–Crippen MR) is 73.5 cm³/mol. The van der Waals surface area contributed by atoms with E-state index in [1.165, 1.54) is 6.92 Å². The van der Waals surface area contributed by atoms with Crippen LogP contribution < -0.4 is 11.1 Å². The van der Waals surface area contributed by atoms with E-state index in [1.54, 1.807) is 30.3 Å². The Bertz CT molecular complexity index is 421. The molecular formula is C13H18ClF3N2O. The molecule has 3 N–H and O–H groups in total. The molecule has 1 aromatic rings. The van der Waals surface area contributed by atoms with E-state index in [-0.39, 0.29) is 25.4 Å². The van der Waals surface area contributed by atoms with E-state index in [0.29, 0.717) is 5.56 Å². The van der Waals surface area contributed by atoms with Gasteiger partial charge in [0.25, 0.3) is 0 Å². The summed E-state index contributed by atoms with van der Waals surface area (Å²) < 4.78 is 35.8. The van der Waals surface area contributed by atoms with Crippen molar-refractivity contribution < 1.29 is 18.0 Å². The van der Waals surface area contributed by atoms with Gasteiger partial charge in [-0.1, -0.05) is 30.3 Å². The number of carbonyl (C=O) groups excluding carboxylic acids is 1. The predicted octanol–water partition coefficient (Wildman–Crippen LogP) is 2.74. The van der Waals surface area contributed by atoms with Crippen molar-refractivity contribution in [2.45, 2.75) is 31.5 Å². The van der Waals surface area contributed by atoms with Crippen molar-refractivity contribution in [2.75, 3.05) is 6.54 Å². The highest BCUT2D eigenvalue weighted by molar-refractivity contribution is 5.86. The Morgan fingerprint density at radius 1 is 1.25 bits per heavy atom. The summed E-state index contributed by atoms with van der Waals surface area (Å²) >= 11 is 0. The third-order valence-electron chi connectivity index (χ3n) is 2.77. The largest absolute Gasteiger partial charge is 0.389 e. The number of amides is 1. The summed E-state index contributed by atoms with van der Waals surface area (Å²) in [6.07, 6.45) is -5.27. The van der Waals surface area contributed by atoms with Crippen molar-refractivity contribution in [3.63, 3.8) is 0 Å². The van der Waals surface area contributed by atoms with Crippen LogP contribution in [-0.2, 0) is 10.3 Å². The highest BCUT2D eigenvalue weighted by atomic mass is 35.5. The molecule has 0 fully saturated rings. The molecule has 1 rings (SSSR count). The molecule has 0 saturated heterocycles. The van der Waals surface area contributed by atoms with Gasteiger partial charge in [0.1, 0.15) is 5.54 Å². The van der Waals surface area contributed by atoms with Crippen LogP contribution in [0.2, 0.25) is 0 Å². The van der Waals surface area contributed by atoms with Gasteiger partial charge < -0.3 is 11.1 Å². The van der Waals surface area contributed by atoms with E-state index < -0.39 is 24.0 Å². The van der Waals surface area contributed by atoms with Gasteiger partial charge in [-0.3, -0.25) is 4.79 Å². The van der Waals surface area contributed by atoms with Crippen molar-refractivity contribution >= 4 is 18.3 Å². The van der Waals surface area contributed by atoms with Gasteiger partial charge in [-0.25, -0.2) is 0 Å². The molecule has 0 radical (unpaired) electrons. The third-order valence-corrected chi connectivity index (χ3v) is 2.77. The number of alkyl halides is 3. The maximum Gasteiger partial charge on any atom is 0.389 e. The first kappa shape index (κ1) is 18.7. The molecule has 1 amide bonds. The van der Waals surface area contributed by atoms with Crippen LogP contribution in [0.25, 0.3) is 0 Å². The molecule has 0 heterocycles.